The van der Waals surface area contributed by atoms with Crippen LogP contribution in [0.25, 0.3) is 11.0 Å². The summed E-state index contributed by atoms with van der Waals surface area (Å²) in [5, 5.41) is 8.85. The molecule has 5 rings (SSSR count). The summed E-state index contributed by atoms with van der Waals surface area (Å²) in [7, 11) is -0.00193. The van der Waals surface area contributed by atoms with Gasteiger partial charge in [-0.05, 0) is 60.9 Å². The quantitative estimate of drug-likeness (QED) is 0.234. The van der Waals surface area contributed by atoms with E-state index < -0.39 is 16.7 Å². The topological polar surface area (TPSA) is 119 Å². The number of fused-ring (bicyclic) bond motifs is 2. The second kappa shape index (κ2) is 11.9. The van der Waals surface area contributed by atoms with Crippen molar-refractivity contribution in [3.8, 4) is 11.5 Å². The first-order chi connectivity index (χ1) is 19.6. The molecule has 0 bridgehead atoms. The third kappa shape index (κ3) is 5.86. The number of esters is 1. The first-order valence-electron chi connectivity index (χ1n) is 13.2. The van der Waals surface area contributed by atoms with Crippen molar-refractivity contribution >= 4 is 39.4 Å². The summed E-state index contributed by atoms with van der Waals surface area (Å²) in [6, 6.07) is 16.3. The third-order valence-corrected chi connectivity index (χ3v) is 9.39. The van der Waals surface area contributed by atoms with Crippen LogP contribution in [0.15, 0.2) is 59.5 Å². The Hall–Kier alpha value is -3.35. The molecular weight excluding hydrogens is 568 g/mol. The lowest BCUT2D eigenvalue weighted by Gasteiger charge is -2.41. The van der Waals surface area contributed by atoms with Crippen molar-refractivity contribution in [1.82, 2.24) is 19.3 Å². The third-order valence-electron chi connectivity index (χ3n) is 7.10. The maximum atomic E-state index is 12.8. The largest absolute Gasteiger partial charge is 0.494 e. The van der Waals surface area contributed by atoms with E-state index in [9.17, 15) is 13.9 Å². The Morgan fingerprint density at radius 2 is 1.98 bits per heavy atom. The average molecular weight is 601 g/mol. The predicted octanol–water partition coefficient (Wildman–Crippen LogP) is 6.02. The van der Waals surface area contributed by atoms with E-state index in [1.54, 1.807) is 60.4 Å². The second-order valence-electron chi connectivity index (χ2n) is 9.93. The second-order valence-corrected chi connectivity index (χ2v) is 12.3. The van der Waals surface area contributed by atoms with Gasteiger partial charge in [0.05, 0.1) is 26.7 Å². The summed E-state index contributed by atoms with van der Waals surface area (Å²) >= 11 is 6.68. The molecule has 12 heteroatoms. The Balaban J connectivity index is 1.55. The van der Waals surface area contributed by atoms with E-state index in [0.717, 1.165) is 16.6 Å². The SMILES string of the molecule is CCOC(=O)CC(c1ccc(Cl)c(CN2CC(C)Oc3ccccc3S2(O)O)c1)c1cc(OC)c2c(c1)nnn2C. The van der Waals surface area contributed by atoms with Crippen LogP contribution in [-0.4, -0.2) is 60.7 Å². The number of nitrogens with zero attached hydrogens (tertiary/aromatic N) is 4. The first kappa shape index (κ1) is 29.2. The zero-order chi connectivity index (χ0) is 29.3. The van der Waals surface area contributed by atoms with Crippen LogP contribution in [-0.2, 0) is 23.1 Å². The number of methoxy groups -OCH3 is 1. The molecule has 0 radical (unpaired) electrons. The normalized spacial score (nSPS) is 18.2. The number of ether oxygens (including phenoxy) is 3. The molecule has 2 N–H and O–H groups in total. The number of hydrogen-bond donors (Lipinski definition) is 2. The molecule has 0 fully saturated rings. The molecule has 218 valence electrons. The average Bonchev–Trinajstić information content (AvgIpc) is 3.28. The van der Waals surface area contributed by atoms with E-state index in [-0.39, 0.29) is 38.2 Å². The molecule has 10 nitrogen and oxygen atoms in total. The molecule has 0 saturated carbocycles. The fraction of sp³-hybridized carbons (Fsp3) is 0.345. The highest BCUT2D eigenvalue weighted by molar-refractivity contribution is 8.22. The molecule has 0 amide bonds. The van der Waals surface area contributed by atoms with E-state index >= 15 is 0 Å². The van der Waals surface area contributed by atoms with Crippen molar-refractivity contribution in [3.63, 3.8) is 0 Å². The fourth-order valence-corrected chi connectivity index (χ4v) is 7.02. The minimum Gasteiger partial charge on any atom is -0.494 e. The first-order valence-corrected chi connectivity index (χ1v) is 15.1. The number of hydrogen-bond acceptors (Lipinski definition) is 9. The Bertz CT molecular complexity index is 1580. The molecule has 2 heterocycles. The van der Waals surface area contributed by atoms with Crippen molar-refractivity contribution in [1.29, 1.82) is 0 Å². The minimum atomic E-state index is -3.37. The summed E-state index contributed by atoms with van der Waals surface area (Å²) < 4.78 is 43.0. The number of aryl methyl sites for hydroxylation is 1. The summed E-state index contributed by atoms with van der Waals surface area (Å²) in [5.41, 5.74) is 3.66. The molecule has 3 aromatic carbocycles. The maximum Gasteiger partial charge on any atom is 0.306 e. The molecule has 4 aromatic rings. The van der Waals surface area contributed by atoms with Gasteiger partial charge in [0.15, 0.2) is 0 Å². The molecule has 0 saturated heterocycles. The van der Waals surface area contributed by atoms with Gasteiger partial charge in [-0.3, -0.25) is 13.9 Å². The number of carbonyl (C=O) groups excluding carboxylic acids is 1. The lowest BCUT2D eigenvalue weighted by atomic mass is 9.87. The number of benzene rings is 3. The van der Waals surface area contributed by atoms with Gasteiger partial charge >= 0.3 is 5.97 Å². The lowest BCUT2D eigenvalue weighted by molar-refractivity contribution is -0.143. The summed E-state index contributed by atoms with van der Waals surface area (Å²) in [6.07, 6.45) is -0.226. The van der Waals surface area contributed by atoms with Gasteiger partial charge in [-0.1, -0.05) is 41.1 Å². The van der Waals surface area contributed by atoms with Crippen LogP contribution in [0.3, 0.4) is 0 Å². The molecule has 2 atom stereocenters. The van der Waals surface area contributed by atoms with Crippen LogP contribution in [0.5, 0.6) is 11.5 Å². The number of halogens is 1. The molecule has 1 aliphatic heterocycles. The highest BCUT2D eigenvalue weighted by atomic mass is 35.5. The molecule has 41 heavy (non-hydrogen) atoms. The zero-order valence-electron chi connectivity index (χ0n) is 23.3. The van der Waals surface area contributed by atoms with Gasteiger partial charge in [-0.2, -0.15) is 4.31 Å². The lowest BCUT2D eigenvalue weighted by Crippen LogP contribution is -2.33. The van der Waals surface area contributed by atoms with Gasteiger partial charge < -0.3 is 14.2 Å². The van der Waals surface area contributed by atoms with E-state index in [1.807, 2.05) is 31.2 Å². The van der Waals surface area contributed by atoms with Gasteiger partial charge in [-0.15, -0.1) is 15.9 Å². The highest BCUT2D eigenvalue weighted by Crippen LogP contribution is 2.57. The number of rotatable bonds is 8. The fourth-order valence-electron chi connectivity index (χ4n) is 5.18. The van der Waals surface area contributed by atoms with Crippen LogP contribution >= 0.6 is 22.4 Å². The maximum absolute atomic E-state index is 12.8. The van der Waals surface area contributed by atoms with Crippen molar-refractivity contribution in [2.24, 2.45) is 7.05 Å². The molecule has 0 aliphatic carbocycles. The van der Waals surface area contributed by atoms with Gasteiger partial charge in [0.1, 0.15) is 33.5 Å². The molecule has 2 unspecified atom stereocenters. The highest BCUT2D eigenvalue weighted by Gasteiger charge is 2.34. The molecule has 0 spiro atoms. The number of para-hydroxylation sites is 1. The molecule has 1 aliphatic rings. The summed E-state index contributed by atoms with van der Waals surface area (Å²) in [6.45, 7) is 4.33. The van der Waals surface area contributed by atoms with Crippen LogP contribution in [0.1, 0.15) is 42.9 Å². The van der Waals surface area contributed by atoms with Crippen molar-refractivity contribution in [2.75, 3.05) is 20.3 Å². The molecular formula is C29H33ClN4O6S. The van der Waals surface area contributed by atoms with Crippen LogP contribution in [0.4, 0.5) is 0 Å². The van der Waals surface area contributed by atoms with Crippen LogP contribution in [0, 0.1) is 0 Å². The Morgan fingerprint density at radius 3 is 2.73 bits per heavy atom. The van der Waals surface area contributed by atoms with Gasteiger partial charge in [0.25, 0.3) is 0 Å². The van der Waals surface area contributed by atoms with E-state index in [2.05, 4.69) is 10.3 Å². The van der Waals surface area contributed by atoms with Crippen molar-refractivity contribution < 1.29 is 28.1 Å². The zero-order valence-corrected chi connectivity index (χ0v) is 24.9. The predicted molar refractivity (Wildman–Crippen MR) is 158 cm³/mol. The number of carbonyl (C=O) groups is 1. The van der Waals surface area contributed by atoms with E-state index in [1.165, 1.54) is 0 Å². The Morgan fingerprint density at radius 1 is 1.20 bits per heavy atom. The smallest absolute Gasteiger partial charge is 0.306 e. The standard InChI is InChI=1S/C29H33ClN4O6S/c1-5-39-28(35)15-22(20-13-24-29(26(14-20)38-4)33(3)32-31-24)19-10-11-23(30)21(12-19)17-34-16-18(2)40-25-8-6-7-9-27(25)41(34,36)37/h6-14,18,22,36-37H,5,15-17H2,1-4H3. The minimum absolute atomic E-state index is 0.0704. The monoisotopic (exact) mass is 600 g/mol. The molecule has 1 aromatic heterocycles. The van der Waals surface area contributed by atoms with Crippen LogP contribution in [0.2, 0.25) is 5.02 Å². The van der Waals surface area contributed by atoms with E-state index in [0.29, 0.717) is 32.5 Å². The van der Waals surface area contributed by atoms with Gasteiger partial charge in [0.2, 0.25) is 0 Å². The summed E-state index contributed by atoms with van der Waals surface area (Å²) in [4.78, 5) is 13.1. The van der Waals surface area contributed by atoms with E-state index in [4.69, 9.17) is 25.8 Å². The van der Waals surface area contributed by atoms with Gasteiger partial charge in [0, 0.05) is 24.5 Å². The number of aromatic nitrogens is 3. The summed E-state index contributed by atoms with van der Waals surface area (Å²) in [5.74, 6) is 0.263. The van der Waals surface area contributed by atoms with Crippen LogP contribution < -0.4 is 9.47 Å². The van der Waals surface area contributed by atoms with Crippen molar-refractivity contribution in [2.45, 2.75) is 43.7 Å². The Labute approximate surface area is 245 Å². The van der Waals surface area contributed by atoms with Gasteiger partial charge in [-0.25, -0.2) is 4.68 Å². The Kier molecular flexibility index (Phi) is 8.44. The van der Waals surface area contributed by atoms with Crippen molar-refractivity contribution in [3.05, 3.63) is 76.3 Å².